The van der Waals surface area contributed by atoms with E-state index in [1.54, 1.807) is 36.2 Å². The summed E-state index contributed by atoms with van der Waals surface area (Å²) in [5.74, 6) is -1.27. The number of fused-ring (bicyclic) bond motifs is 1. The van der Waals surface area contributed by atoms with E-state index in [-0.39, 0.29) is 17.5 Å². The lowest BCUT2D eigenvalue weighted by molar-refractivity contribution is -0.137. The van der Waals surface area contributed by atoms with Crippen LogP contribution in [-0.4, -0.2) is 23.8 Å². The molecular weight excluding hydrogens is 413 g/mol. The maximum Gasteiger partial charge on any atom is 0.416 e. The number of rotatable bonds is 3. The van der Waals surface area contributed by atoms with Crippen molar-refractivity contribution < 1.29 is 22.8 Å². The van der Waals surface area contributed by atoms with E-state index in [4.69, 9.17) is 0 Å². The number of nitrogens with zero attached hydrogens (tertiary/aromatic N) is 1. The predicted octanol–water partition coefficient (Wildman–Crippen LogP) is 5.32. The van der Waals surface area contributed by atoms with Crippen LogP contribution in [-0.2, 0) is 11.0 Å². The van der Waals surface area contributed by atoms with Crippen molar-refractivity contribution in [1.82, 2.24) is 4.90 Å². The summed E-state index contributed by atoms with van der Waals surface area (Å²) >= 11 is 1.44. The summed E-state index contributed by atoms with van der Waals surface area (Å²) in [5, 5.41) is 4.59. The number of amides is 2. The largest absolute Gasteiger partial charge is 0.416 e. The number of anilines is 1. The first kappa shape index (κ1) is 20.2. The molecule has 1 aliphatic heterocycles. The minimum Gasteiger partial charge on any atom is -0.333 e. The fourth-order valence-corrected chi connectivity index (χ4v) is 4.64. The molecule has 0 saturated carbocycles. The molecule has 1 aliphatic rings. The lowest BCUT2D eigenvalue weighted by Crippen LogP contribution is -2.43. The Morgan fingerprint density at radius 2 is 1.73 bits per heavy atom. The molecule has 4 nitrogen and oxygen atoms in total. The predicted molar refractivity (Wildman–Crippen MR) is 108 cm³/mol. The molecule has 2 amide bonds. The highest BCUT2D eigenvalue weighted by Gasteiger charge is 2.43. The fourth-order valence-electron chi connectivity index (χ4n) is 3.73. The second-order valence-corrected chi connectivity index (χ2v) is 7.98. The Labute approximate surface area is 174 Å². The quantitative estimate of drug-likeness (QED) is 0.612. The highest BCUT2D eigenvalue weighted by atomic mass is 32.1. The zero-order valence-electron chi connectivity index (χ0n) is 15.8. The second-order valence-electron chi connectivity index (χ2n) is 7.01. The van der Waals surface area contributed by atoms with E-state index in [0.29, 0.717) is 11.1 Å². The molecule has 0 aliphatic carbocycles. The van der Waals surface area contributed by atoms with Crippen molar-refractivity contribution in [2.24, 2.45) is 0 Å². The molecule has 2 heterocycles. The Morgan fingerprint density at radius 3 is 2.37 bits per heavy atom. The van der Waals surface area contributed by atoms with Crippen molar-refractivity contribution in [1.29, 1.82) is 0 Å². The molecule has 1 N–H and O–H groups in total. The maximum atomic E-state index is 13.3. The van der Waals surface area contributed by atoms with Crippen molar-refractivity contribution in [2.45, 2.75) is 18.1 Å². The van der Waals surface area contributed by atoms with Gasteiger partial charge in [-0.2, -0.15) is 13.2 Å². The van der Waals surface area contributed by atoms with Crippen LogP contribution in [0.25, 0.3) is 0 Å². The molecule has 4 rings (SSSR count). The Hall–Kier alpha value is -3.13. The van der Waals surface area contributed by atoms with Crippen molar-refractivity contribution in [3.05, 3.63) is 87.6 Å². The summed E-state index contributed by atoms with van der Waals surface area (Å²) in [6, 6.07) is 14.4. The number of halogens is 3. The first-order valence-corrected chi connectivity index (χ1v) is 10.0. The normalized spacial score (nSPS) is 18.8. The molecule has 0 saturated heterocycles. The molecule has 0 spiro atoms. The van der Waals surface area contributed by atoms with Gasteiger partial charge in [-0.1, -0.05) is 24.3 Å². The van der Waals surface area contributed by atoms with Gasteiger partial charge in [-0.25, -0.2) is 0 Å². The van der Waals surface area contributed by atoms with Crippen LogP contribution >= 0.6 is 11.3 Å². The Balaban J connectivity index is 1.71. The zero-order chi connectivity index (χ0) is 21.5. The Bertz CT molecular complexity index is 1080. The third-order valence-electron chi connectivity index (χ3n) is 5.18. The molecule has 0 unspecified atom stereocenters. The van der Waals surface area contributed by atoms with Crippen molar-refractivity contribution >= 4 is 28.8 Å². The number of likely N-dealkylation sites (N-methyl/N-ethyl adjacent to an activating group) is 1. The fraction of sp³-hybridized carbons (Fsp3) is 0.182. The lowest BCUT2D eigenvalue weighted by Gasteiger charge is -2.39. The van der Waals surface area contributed by atoms with Crippen LogP contribution in [0.3, 0.4) is 0 Å². The van der Waals surface area contributed by atoms with Gasteiger partial charge in [0.25, 0.3) is 5.91 Å². The van der Waals surface area contributed by atoms with E-state index in [1.807, 2.05) is 17.5 Å². The first-order valence-electron chi connectivity index (χ1n) is 9.15. The molecule has 0 fully saturated rings. The highest BCUT2D eigenvalue weighted by molar-refractivity contribution is 7.10. The summed E-state index contributed by atoms with van der Waals surface area (Å²) in [6.07, 6.45) is -4.45. The van der Waals surface area contributed by atoms with Gasteiger partial charge in [0.15, 0.2) is 0 Å². The number of carbonyl (C=O) groups excluding carboxylic acids is 2. The van der Waals surface area contributed by atoms with Gasteiger partial charge in [0.05, 0.1) is 17.5 Å². The molecule has 2 aromatic carbocycles. The summed E-state index contributed by atoms with van der Waals surface area (Å²) in [7, 11) is 1.65. The van der Waals surface area contributed by atoms with Crippen LogP contribution in [0.5, 0.6) is 0 Å². The van der Waals surface area contributed by atoms with Gasteiger partial charge in [-0.05, 0) is 47.3 Å². The number of hydrogen-bond acceptors (Lipinski definition) is 3. The minimum absolute atomic E-state index is 0.178. The van der Waals surface area contributed by atoms with E-state index >= 15 is 0 Å². The van der Waals surface area contributed by atoms with Gasteiger partial charge in [-0.3, -0.25) is 9.59 Å². The average molecular weight is 430 g/mol. The summed E-state index contributed by atoms with van der Waals surface area (Å²) in [4.78, 5) is 28.6. The molecule has 0 bridgehead atoms. The number of nitrogens with one attached hydrogen (secondary N) is 1. The molecule has 2 atom stereocenters. The van der Waals surface area contributed by atoms with E-state index in [0.717, 1.165) is 17.0 Å². The van der Waals surface area contributed by atoms with E-state index in [2.05, 4.69) is 5.32 Å². The van der Waals surface area contributed by atoms with Crippen LogP contribution in [0.1, 0.15) is 38.3 Å². The van der Waals surface area contributed by atoms with E-state index in [1.165, 1.54) is 23.5 Å². The average Bonchev–Trinajstić information content (AvgIpc) is 3.24. The van der Waals surface area contributed by atoms with Crippen LogP contribution in [0.4, 0.5) is 18.9 Å². The third-order valence-corrected chi connectivity index (χ3v) is 6.12. The van der Waals surface area contributed by atoms with Gasteiger partial charge in [0.1, 0.15) is 0 Å². The van der Waals surface area contributed by atoms with Crippen molar-refractivity contribution in [2.75, 3.05) is 12.4 Å². The first-order chi connectivity index (χ1) is 14.3. The van der Waals surface area contributed by atoms with E-state index in [9.17, 15) is 22.8 Å². The summed E-state index contributed by atoms with van der Waals surface area (Å²) in [5.41, 5.74) is 0.518. The monoisotopic (exact) mass is 430 g/mol. The molecule has 30 heavy (non-hydrogen) atoms. The number of benzene rings is 2. The number of carbonyl (C=O) groups is 2. The molecular formula is C22H17F3N2O2S. The van der Waals surface area contributed by atoms with Crippen LogP contribution in [0.2, 0.25) is 0 Å². The molecule has 154 valence electrons. The van der Waals surface area contributed by atoms with Gasteiger partial charge in [0.2, 0.25) is 5.91 Å². The van der Waals surface area contributed by atoms with Crippen LogP contribution in [0, 0.1) is 0 Å². The van der Waals surface area contributed by atoms with Gasteiger partial charge >= 0.3 is 6.18 Å². The smallest absolute Gasteiger partial charge is 0.333 e. The standard InChI is InChI=1S/C22H17F3N2O2S/c1-27-19(17-7-4-12-30-17)18(15-5-2-3-6-16(15)21(27)29)20(28)26-14-10-8-13(9-11-14)22(23,24)25/h2-12,18-19H,1H3,(H,26,28)/t18-,19+/m1/s1. The number of alkyl halides is 3. The summed E-state index contributed by atoms with van der Waals surface area (Å²) < 4.78 is 38.4. The molecule has 1 aromatic heterocycles. The van der Waals surface area contributed by atoms with Crippen LogP contribution < -0.4 is 5.32 Å². The van der Waals surface area contributed by atoms with Gasteiger partial charge < -0.3 is 10.2 Å². The van der Waals surface area contributed by atoms with Gasteiger partial charge in [-0.15, -0.1) is 11.3 Å². The lowest BCUT2D eigenvalue weighted by atomic mass is 9.81. The molecule has 0 radical (unpaired) electrons. The second kappa shape index (κ2) is 7.60. The number of thiophene rings is 1. The Morgan fingerprint density at radius 1 is 1.03 bits per heavy atom. The van der Waals surface area contributed by atoms with Crippen molar-refractivity contribution in [3.63, 3.8) is 0 Å². The highest BCUT2D eigenvalue weighted by Crippen LogP contribution is 2.43. The minimum atomic E-state index is -4.45. The van der Waals surface area contributed by atoms with Crippen LogP contribution in [0.15, 0.2) is 66.0 Å². The maximum absolute atomic E-state index is 13.3. The van der Waals surface area contributed by atoms with Gasteiger partial charge in [0, 0.05) is 23.2 Å². The number of hydrogen-bond donors (Lipinski definition) is 1. The summed E-state index contributed by atoms with van der Waals surface area (Å²) in [6.45, 7) is 0. The topological polar surface area (TPSA) is 49.4 Å². The van der Waals surface area contributed by atoms with E-state index < -0.39 is 23.7 Å². The molecule has 8 heteroatoms. The van der Waals surface area contributed by atoms with Crippen molar-refractivity contribution in [3.8, 4) is 0 Å². The third kappa shape index (κ3) is 3.59. The SMILES string of the molecule is CN1C(=O)c2ccccc2[C@@H](C(=O)Nc2ccc(C(F)(F)F)cc2)[C@@H]1c1cccs1. The Kier molecular flexibility index (Phi) is 5.11. The molecule has 3 aromatic rings. The zero-order valence-corrected chi connectivity index (χ0v) is 16.6.